The van der Waals surface area contributed by atoms with E-state index in [0.717, 1.165) is 0 Å². The second-order valence-corrected chi connectivity index (χ2v) is 5.09. The zero-order chi connectivity index (χ0) is 11.4. The molecule has 3 N–H and O–H groups in total. The van der Waals surface area contributed by atoms with Crippen molar-refractivity contribution < 1.29 is 19.8 Å². The molecule has 0 aliphatic heterocycles. The Morgan fingerprint density at radius 2 is 2.40 bits per heavy atom. The van der Waals surface area contributed by atoms with Crippen LogP contribution in [0.3, 0.4) is 0 Å². The number of aliphatic carboxylic acids is 1. The van der Waals surface area contributed by atoms with Crippen LogP contribution in [0, 0.1) is 0 Å². The van der Waals surface area contributed by atoms with Crippen LogP contribution in [0.5, 0.6) is 0 Å². The number of carboxylic acids is 1. The highest BCUT2D eigenvalue weighted by Crippen LogP contribution is 2.18. The molecule has 0 aromatic heterocycles. The van der Waals surface area contributed by atoms with E-state index in [4.69, 9.17) is 16.9 Å². The lowest BCUT2D eigenvalue weighted by Gasteiger charge is -2.15. The molecule has 0 aromatic carbocycles. The Hall–Kier alpha value is -0.780. The van der Waals surface area contributed by atoms with Gasteiger partial charge in [0.2, 0.25) is 0 Å². The van der Waals surface area contributed by atoms with Crippen LogP contribution in [0.1, 0.15) is 0 Å². The van der Waals surface area contributed by atoms with Crippen molar-refractivity contribution in [1.82, 2.24) is 5.25 Å². The third kappa shape index (κ3) is 2.84. The summed E-state index contributed by atoms with van der Waals surface area (Å²) in [6, 6.07) is 0. The van der Waals surface area contributed by atoms with E-state index in [1.54, 1.807) is 12.2 Å². The van der Waals surface area contributed by atoms with Crippen LogP contribution in [-0.4, -0.2) is 34.7 Å². The monoisotopic (exact) mass is 247 g/mol. The molecule has 1 aliphatic carbocycles. The summed E-state index contributed by atoms with van der Waals surface area (Å²) in [6.45, 7) is -1.30. The summed E-state index contributed by atoms with van der Waals surface area (Å²) in [4.78, 5) is 15.4. The lowest BCUT2D eigenvalue weighted by atomic mass is 10.0. The molecule has 2 atom stereocenters. The predicted octanol–water partition coefficient (Wildman–Crippen LogP) is 0.110. The highest BCUT2D eigenvalue weighted by Gasteiger charge is 2.23. The summed E-state index contributed by atoms with van der Waals surface area (Å²) in [7, 11) is 1.41. The summed E-state index contributed by atoms with van der Waals surface area (Å²) in [5.74, 6) is -1.15. The minimum absolute atomic E-state index is 0.0808. The van der Waals surface area contributed by atoms with Crippen molar-refractivity contribution in [2.75, 3.05) is 7.11 Å². The summed E-state index contributed by atoms with van der Waals surface area (Å²) in [5.41, 5.74) is -0.0808. The van der Waals surface area contributed by atoms with E-state index < -0.39 is 18.5 Å². The number of hydrogen-bond donors (Lipinski definition) is 3. The van der Waals surface area contributed by atoms with Gasteiger partial charge in [-0.2, -0.15) is 0 Å². The zero-order valence-corrected chi connectivity index (χ0v) is 9.59. The van der Waals surface area contributed by atoms with Crippen molar-refractivity contribution in [3.63, 3.8) is 0 Å². The van der Waals surface area contributed by atoms with Crippen molar-refractivity contribution in [2.45, 2.75) is 6.10 Å². The fourth-order valence-electron chi connectivity index (χ4n) is 1.09. The van der Waals surface area contributed by atoms with Crippen molar-refractivity contribution in [1.29, 1.82) is 0 Å². The summed E-state index contributed by atoms with van der Waals surface area (Å²) >= 11 is 5.03. The molecule has 7 heteroatoms. The number of aliphatic hydroxyl groups is 1. The third-order valence-electron chi connectivity index (χ3n) is 1.77. The lowest BCUT2D eigenvalue weighted by molar-refractivity contribution is -0.133. The normalized spacial score (nSPS) is 23.6. The Kier molecular flexibility index (Phi) is 4.38. The van der Waals surface area contributed by atoms with Crippen LogP contribution in [0.15, 0.2) is 23.8 Å². The molecule has 0 saturated heterocycles. The first-order valence-electron chi connectivity index (χ1n) is 4.00. The molecule has 82 valence electrons. The van der Waals surface area contributed by atoms with Crippen LogP contribution in [-0.2, 0) is 21.4 Å². The Morgan fingerprint density at radius 1 is 1.73 bits per heavy atom. The van der Waals surface area contributed by atoms with Gasteiger partial charge in [0.1, 0.15) is 6.10 Å². The maximum absolute atomic E-state index is 10.7. The fraction of sp³-hybridized carbons (Fsp3) is 0.250. The highest BCUT2D eigenvalue weighted by atomic mass is 32.4. The molecule has 0 radical (unpaired) electrons. The number of aliphatic hydroxyl groups excluding tert-OH is 1. The molecule has 0 aromatic rings. The number of carboxylic acid groups (broad SMARTS) is 1. The van der Waals surface area contributed by atoms with Gasteiger partial charge in [-0.15, -0.1) is 5.25 Å². The van der Waals surface area contributed by atoms with E-state index >= 15 is 0 Å². The second-order valence-electron chi connectivity index (χ2n) is 2.70. The number of allylic oxidation sites excluding steroid dienone is 2. The quantitative estimate of drug-likeness (QED) is 0.485. The number of carbonyl (C=O) groups is 1. The summed E-state index contributed by atoms with van der Waals surface area (Å²) in [5, 5.41) is 21.5. The highest BCUT2D eigenvalue weighted by molar-refractivity contribution is 8.04. The molecule has 0 amide bonds. The Labute approximate surface area is 92.1 Å². The maximum atomic E-state index is 10.7. The summed E-state index contributed by atoms with van der Waals surface area (Å²) < 4.78 is 0. The van der Waals surface area contributed by atoms with E-state index in [2.05, 4.69) is 10.1 Å². The molecular formula is C8H10NO4PS. The predicted molar refractivity (Wildman–Crippen MR) is 60.3 cm³/mol. The van der Waals surface area contributed by atoms with Crippen LogP contribution < -0.4 is 5.25 Å². The molecule has 15 heavy (non-hydrogen) atoms. The second kappa shape index (κ2) is 5.34. The standard InChI is InChI=1S/C8H10NO4PS/c1-13-9-14(15)6-4-2-3-5(7(6)10)8(11)12/h2-4,7,9-10H,1H3,(H,11,12). The van der Waals surface area contributed by atoms with Gasteiger partial charge in [-0.25, -0.2) is 4.79 Å². The Balaban J connectivity index is 3.05. The number of nitrogens with one attached hydrogen (secondary N) is 1. The largest absolute Gasteiger partial charge is 0.478 e. The van der Waals surface area contributed by atoms with Crippen LogP contribution in [0.2, 0.25) is 0 Å². The van der Waals surface area contributed by atoms with Crippen molar-refractivity contribution >= 4 is 29.5 Å². The van der Waals surface area contributed by atoms with Crippen molar-refractivity contribution in [3.05, 3.63) is 23.8 Å². The van der Waals surface area contributed by atoms with Gasteiger partial charge in [0.15, 0.2) is 0 Å². The van der Waals surface area contributed by atoms with Crippen molar-refractivity contribution in [2.24, 2.45) is 0 Å². The van der Waals surface area contributed by atoms with Crippen molar-refractivity contribution in [3.8, 4) is 0 Å². The van der Waals surface area contributed by atoms with E-state index in [0.29, 0.717) is 5.29 Å². The zero-order valence-electron chi connectivity index (χ0n) is 7.88. The molecule has 0 fully saturated rings. The van der Waals surface area contributed by atoms with E-state index in [1.165, 1.54) is 13.2 Å². The molecule has 0 saturated carbocycles. The fourth-order valence-corrected chi connectivity index (χ4v) is 2.65. The van der Waals surface area contributed by atoms with Gasteiger partial charge in [0.25, 0.3) is 0 Å². The van der Waals surface area contributed by atoms with Crippen LogP contribution >= 0.6 is 6.47 Å². The van der Waals surface area contributed by atoms with Gasteiger partial charge in [0, 0.05) is 11.8 Å². The van der Waals surface area contributed by atoms with Gasteiger partial charge < -0.3 is 10.2 Å². The van der Waals surface area contributed by atoms with Crippen LogP contribution in [0.25, 0.3) is 0 Å². The average molecular weight is 247 g/mol. The van der Waals surface area contributed by atoms with Gasteiger partial charge in [-0.1, -0.05) is 6.08 Å². The molecular weight excluding hydrogens is 237 g/mol. The smallest absolute Gasteiger partial charge is 0.334 e. The van der Waals surface area contributed by atoms with Gasteiger partial charge >= 0.3 is 5.97 Å². The minimum atomic E-state index is -1.30. The molecule has 0 heterocycles. The molecule has 1 aliphatic rings. The van der Waals surface area contributed by atoms with Crippen LogP contribution in [0.4, 0.5) is 0 Å². The lowest BCUT2D eigenvalue weighted by Crippen LogP contribution is -2.27. The van der Waals surface area contributed by atoms with Gasteiger partial charge in [-0.05, 0) is 24.0 Å². The minimum Gasteiger partial charge on any atom is -0.478 e. The van der Waals surface area contributed by atoms with E-state index in [9.17, 15) is 9.90 Å². The first kappa shape index (κ1) is 12.3. The maximum Gasteiger partial charge on any atom is 0.334 e. The first-order valence-corrected chi connectivity index (χ1v) is 6.35. The number of hydrogen-bond acceptors (Lipinski definition) is 4. The topological polar surface area (TPSA) is 78.8 Å². The molecule has 2 unspecified atom stereocenters. The van der Waals surface area contributed by atoms with Gasteiger partial charge in [0.05, 0.1) is 12.7 Å². The summed E-state index contributed by atoms with van der Waals surface area (Å²) in [6.07, 6.45) is 3.33. The average Bonchev–Trinajstić information content (AvgIpc) is 2.17. The molecule has 0 bridgehead atoms. The van der Waals surface area contributed by atoms with E-state index in [-0.39, 0.29) is 5.57 Å². The molecule has 5 nitrogen and oxygen atoms in total. The molecule has 0 spiro atoms. The Morgan fingerprint density at radius 3 is 2.93 bits per heavy atom. The SMILES string of the molecule is CON/P(=S)=C1/C=CC=C(C(=O)O)C1O. The van der Waals surface area contributed by atoms with E-state index in [1.807, 2.05) is 0 Å². The Bertz CT molecular complexity index is 409. The third-order valence-corrected chi connectivity index (χ3v) is 3.84. The molecule has 1 rings (SSSR count). The first-order chi connectivity index (χ1) is 7.07. The number of rotatable bonds is 3. The van der Waals surface area contributed by atoms with Gasteiger partial charge in [-0.3, -0.25) is 4.84 Å².